The summed E-state index contributed by atoms with van der Waals surface area (Å²) in [5.74, 6) is 0.569. The predicted octanol–water partition coefficient (Wildman–Crippen LogP) is 3.27. The van der Waals surface area contributed by atoms with Gasteiger partial charge in [0, 0.05) is 12.8 Å². The van der Waals surface area contributed by atoms with Crippen LogP contribution in [-0.4, -0.2) is 232 Å². The first-order valence-electron chi connectivity index (χ1n) is 39.0. The van der Waals surface area contributed by atoms with Gasteiger partial charge in [0.2, 0.25) is 0 Å². The molecule has 0 aliphatic carbocycles. The van der Waals surface area contributed by atoms with Crippen LogP contribution in [-0.2, 0) is 126 Å². The Morgan fingerprint density at radius 1 is 0.300 bits per heavy atom. The van der Waals surface area contributed by atoms with Gasteiger partial charge in [0.25, 0.3) is 0 Å². The average molecular weight is 2210 g/mol. The van der Waals surface area contributed by atoms with Crippen LogP contribution < -0.4 is 44.2 Å². The second-order valence-corrected chi connectivity index (χ2v) is 49.0. The fourth-order valence-corrected chi connectivity index (χ4v) is 30.0. The number of hydrogen-bond acceptors (Lipinski definition) is 48. The molecular weight excluding hydrogens is 2120 g/mol. The zero-order valence-electron chi connectivity index (χ0n) is 70.2. The molecule has 0 bridgehead atoms. The highest BCUT2D eigenvalue weighted by atomic mass is 31.3. The van der Waals surface area contributed by atoms with Crippen LogP contribution in [0.2, 0.25) is 0 Å². The van der Waals surface area contributed by atoms with Crippen LogP contribution in [0.25, 0.3) is 44.7 Å². The van der Waals surface area contributed by atoms with Gasteiger partial charge < -0.3 is 139 Å². The highest BCUT2D eigenvalue weighted by Crippen LogP contribution is 2.72. The van der Waals surface area contributed by atoms with E-state index in [0.29, 0.717) is 46.3 Å². The van der Waals surface area contributed by atoms with Crippen molar-refractivity contribution in [2.75, 3.05) is 49.4 Å². The zero-order chi connectivity index (χ0) is 102. The second-order valence-electron chi connectivity index (χ2n) is 29.1. The smallest absolute Gasteiger partial charge is 0.390 e. The number of benzene rings is 4. The van der Waals surface area contributed by atoms with Gasteiger partial charge in [-0.2, -0.15) is 17.2 Å². The monoisotopic (exact) mass is 2200 g/mol. The molecule has 4 saturated heterocycles. The topological polar surface area (TPSA) is 955 Å². The zero-order valence-corrected chi connectivity index (χ0v) is 80.9. The van der Waals surface area contributed by atoms with Crippen LogP contribution in [0.5, 0.6) is 0 Å². The van der Waals surface area contributed by atoms with E-state index in [0.717, 1.165) is 6.33 Å². The summed E-state index contributed by atoms with van der Waals surface area (Å²) in [4.78, 5) is 158. The molecule has 4 aliphatic rings. The highest BCUT2D eigenvalue weighted by molar-refractivity contribution is 7.74. The molecule has 24 N–H and O–H groups in total. The highest BCUT2D eigenvalue weighted by Gasteiger charge is 2.52. The number of anilines is 4. The van der Waals surface area contributed by atoms with Crippen molar-refractivity contribution in [3.63, 3.8) is 0 Å². The molecular formula is C64H80N20O44P12. The second kappa shape index (κ2) is 44.0. The van der Waals surface area contributed by atoms with Gasteiger partial charge in [-0.25, -0.2) is 114 Å². The van der Waals surface area contributed by atoms with Gasteiger partial charge in [0.1, 0.15) is 90.4 Å². The van der Waals surface area contributed by atoms with Crippen LogP contribution >= 0.6 is 93.0 Å². The van der Waals surface area contributed by atoms with Crippen molar-refractivity contribution in [1.29, 1.82) is 0 Å². The fraction of sp³-hybridized carbons (Fsp3) is 0.312. The lowest BCUT2D eigenvalue weighted by Gasteiger charge is -2.23. The van der Waals surface area contributed by atoms with Crippen LogP contribution in [0.15, 0.2) is 172 Å². The van der Waals surface area contributed by atoms with Crippen molar-refractivity contribution in [2.24, 2.45) is 0 Å². The minimum absolute atomic E-state index is 0.00450. The third kappa shape index (κ3) is 28.1. The Labute approximate surface area is 782 Å². The Morgan fingerprint density at radius 2 is 0.600 bits per heavy atom. The molecule has 8 aromatic heterocycles. The Kier molecular flexibility index (Phi) is 34.2. The van der Waals surface area contributed by atoms with Crippen molar-refractivity contribution in [1.82, 2.24) is 78.1 Å². The number of imidazole rings is 4. The quantitative estimate of drug-likeness (QED) is 0.0251. The predicted molar refractivity (Wildman–Crippen MR) is 472 cm³/mol. The molecule has 64 nitrogen and oxygen atoms in total. The van der Waals surface area contributed by atoms with Crippen LogP contribution in [0.4, 0.5) is 23.3 Å². The molecule has 16 rings (SSSR count). The molecule has 4 aromatic carbocycles. The molecule has 76 heteroatoms. The van der Waals surface area contributed by atoms with E-state index < -0.39 is 187 Å². The lowest BCUT2D eigenvalue weighted by molar-refractivity contribution is -0.0481. The standard InChI is InChI=1S/C16H20N5O12P3.2C16H20N5O11P3.C16H20N5O10P3/c17-14-11-15(19-7-18-14)21(8-20-11)16-13(23)12(22)10(31-16)6-30-34(24,9-4-2-1-3-5-9)32-36(28,29)33-35(25,26)27;17-14-13-15(19-8-18-14)21(9-20-13)16-12(22)6-10(30-16)7-29-33(23,11-4-2-1-3-5-11)31-35(27,28)32-34(24,25)26;17-15-14-16(19-8-18-15)21(9-20-14)13-6-11(22)12(30-13)7-29-33(23,10-4-2-1-3-5-10)31-35(27,28)32-34(24,25)26;17-15-14-16(19-9-18-15)21(10-20-14)13-7-6-11(29-13)8-28-32(22,12-4-2-1-3-5-12)30-34(26,27)31-33(23,24)25/h1-5,7-8,10,12-13,16,22-23H,6H2,(H,28,29)(H2,17,18,19)(H2,25,26,27);1-5,8-10,12,16,22H,6-7H2,(H,27,28)(H2,17,18,19)(H2,24,25,26);1-5,8-9,11-13,22H,6-7H2,(H,27,28)(H2,17,18,19)(H2,24,25,26);1-5,9-11,13H,6-8H2,(H,26,27)(H2,17,18,19)(H2,23,24,25). The van der Waals surface area contributed by atoms with Crippen molar-refractivity contribution in [3.8, 4) is 0 Å². The van der Waals surface area contributed by atoms with Crippen molar-refractivity contribution in [3.05, 3.63) is 172 Å². The van der Waals surface area contributed by atoms with Crippen molar-refractivity contribution < 1.29 is 205 Å². The number of aliphatic hydroxyl groups excluding tert-OH is 4. The number of rotatable bonds is 36. The van der Waals surface area contributed by atoms with E-state index in [9.17, 15) is 94.8 Å². The summed E-state index contributed by atoms with van der Waals surface area (Å²) in [6.07, 6.45) is -1.33. The van der Waals surface area contributed by atoms with Crippen molar-refractivity contribution >= 4 is 182 Å². The maximum absolute atomic E-state index is 13.4. The molecule has 20 unspecified atom stereocenters. The molecule has 140 heavy (non-hydrogen) atoms. The first-order chi connectivity index (χ1) is 65.5. The number of nitrogens with two attached hydrogens (primary N) is 4. The Balaban J connectivity index is 0.000000157. The summed E-state index contributed by atoms with van der Waals surface area (Å²) < 4.78 is 230. The molecule has 0 spiro atoms. The summed E-state index contributed by atoms with van der Waals surface area (Å²) in [6, 6.07) is 27.7. The average Bonchev–Trinajstić information content (AvgIpc) is 1.62. The third-order valence-electron chi connectivity index (χ3n) is 19.2. The Bertz CT molecular complexity index is 7040. The third-order valence-corrected chi connectivity index (χ3v) is 38.3. The summed E-state index contributed by atoms with van der Waals surface area (Å²) in [7, 11) is -62.9. The maximum atomic E-state index is 13.4. The number of ether oxygens (including phenoxy) is 4. The first-order valence-corrected chi connectivity index (χ1v) is 57.3. The SMILES string of the molecule is Nc1ncnc2c1ncn2C1CC(O)C(COP(=O)(OP(=O)(O)OP(=O)(O)O)c2ccccc2)O1.Nc1ncnc2c1ncn2C1CCC(COP(=O)(OP(=O)(O)OP(=O)(O)O)c2ccccc2)O1.Nc1ncnc2c1ncn2C1OC(COP(=O)(OP(=O)(O)OP(=O)(O)O)c2ccccc2)C(O)C1O.Nc1ncnc2c1ncn2C1OC(COP(=O)(OP(=O)(O)OP(=O)(O)O)c2ccccc2)CC1O. The van der Waals surface area contributed by atoms with Crippen LogP contribution in [0.1, 0.15) is 50.6 Å². The van der Waals surface area contributed by atoms with Gasteiger partial charge in [-0.1, -0.05) is 72.8 Å². The number of fused-ring (bicyclic) bond motifs is 4. The molecule has 12 heterocycles. The van der Waals surface area contributed by atoms with E-state index in [1.807, 2.05) is 0 Å². The minimum Gasteiger partial charge on any atom is -0.390 e. The van der Waals surface area contributed by atoms with E-state index in [4.69, 9.17) is 99.1 Å². The largest absolute Gasteiger partial charge is 0.488 e. The fourth-order valence-electron chi connectivity index (χ4n) is 13.4. The first kappa shape index (κ1) is 109. The van der Waals surface area contributed by atoms with Crippen LogP contribution in [0, 0.1) is 0 Å². The van der Waals surface area contributed by atoms with Gasteiger partial charge in [-0.3, -0.25) is 36.5 Å². The van der Waals surface area contributed by atoms with E-state index in [1.54, 1.807) is 22.8 Å². The van der Waals surface area contributed by atoms with E-state index in [2.05, 4.69) is 94.3 Å². The van der Waals surface area contributed by atoms with Crippen LogP contribution in [0.3, 0.4) is 0 Å². The van der Waals surface area contributed by atoms with Gasteiger partial charge in [-0.15, -0.1) is 0 Å². The number of nitrogens with zero attached hydrogens (tertiary/aromatic N) is 16. The number of hydrogen-bond donors (Lipinski definition) is 20. The number of nitrogen functional groups attached to an aromatic ring is 4. The van der Waals surface area contributed by atoms with Gasteiger partial charge in [-0.05, 0) is 61.4 Å². The molecule has 0 amide bonds. The van der Waals surface area contributed by atoms with E-state index >= 15 is 0 Å². The number of aliphatic hydroxyl groups is 4. The summed E-state index contributed by atoms with van der Waals surface area (Å²) >= 11 is 0. The van der Waals surface area contributed by atoms with Gasteiger partial charge in [0.05, 0.1) is 91.3 Å². The molecule has 20 atom stereocenters. The molecule has 0 radical (unpaired) electrons. The van der Waals surface area contributed by atoms with Crippen molar-refractivity contribution in [2.45, 2.75) is 99.4 Å². The number of aromatic nitrogens is 16. The van der Waals surface area contributed by atoms with E-state index in [-0.39, 0.29) is 75.1 Å². The Hall–Kier alpha value is -8.24. The minimum atomic E-state index is -5.62. The summed E-state index contributed by atoms with van der Waals surface area (Å²) in [6.45, 7) is -2.19. The number of phosphoric acid groups is 8. The van der Waals surface area contributed by atoms with Gasteiger partial charge >= 0.3 is 93.0 Å². The van der Waals surface area contributed by atoms with E-state index in [1.165, 1.54) is 161 Å². The summed E-state index contributed by atoms with van der Waals surface area (Å²) in [5.41, 5.74) is 25.7. The molecule has 12 aromatic rings. The Morgan fingerprint density at radius 3 is 0.943 bits per heavy atom. The molecule has 0 saturated carbocycles. The lowest BCUT2D eigenvalue weighted by Crippen LogP contribution is -2.34. The molecule has 4 fully saturated rings. The molecule has 4 aliphatic heterocycles. The maximum Gasteiger partial charge on any atom is 0.488 e. The van der Waals surface area contributed by atoms with Gasteiger partial charge in [0.15, 0.2) is 58.3 Å². The normalized spacial score (nSPS) is 24.3. The molecule has 760 valence electrons. The lowest BCUT2D eigenvalue weighted by atomic mass is 10.1. The summed E-state index contributed by atoms with van der Waals surface area (Å²) in [5, 5.41) is 41.3.